The molecule has 0 unspecified atom stereocenters. The van der Waals surface area contributed by atoms with Crippen LogP contribution in [0.1, 0.15) is 9.67 Å². The third kappa shape index (κ3) is 1.86. The molecular weight excluding hydrogens is 232 g/mol. The lowest BCUT2D eigenvalue weighted by Crippen LogP contribution is -2.01. The number of aromatic nitrogens is 1. The molecule has 15 heavy (non-hydrogen) atoms. The average Bonchev–Trinajstić information content (AvgIpc) is 2.84. The summed E-state index contributed by atoms with van der Waals surface area (Å²) in [6.07, 6.45) is 0. The van der Waals surface area contributed by atoms with Crippen LogP contribution in [0.15, 0.2) is 17.5 Å². The number of anilines is 1. The molecule has 0 spiro atoms. The first kappa shape index (κ1) is 10.1. The molecule has 2 aromatic heterocycles. The summed E-state index contributed by atoms with van der Waals surface area (Å²) in [5, 5.41) is 2.70. The Morgan fingerprint density at radius 2 is 2.40 bits per heavy atom. The number of nitrogens with zero attached hydrogens (tertiary/aromatic N) is 1. The lowest BCUT2D eigenvalue weighted by atomic mass is 10.5. The highest BCUT2D eigenvalue weighted by atomic mass is 32.1. The summed E-state index contributed by atoms with van der Waals surface area (Å²) in [6, 6.07) is 3.86. The van der Waals surface area contributed by atoms with Crippen LogP contribution >= 0.6 is 22.7 Å². The minimum absolute atomic E-state index is 0.232. The van der Waals surface area contributed by atoms with Crippen molar-refractivity contribution in [2.45, 2.75) is 0 Å². The summed E-state index contributed by atoms with van der Waals surface area (Å²) in [4.78, 5) is 16.8. The van der Waals surface area contributed by atoms with Gasteiger partial charge in [0.15, 0.2) is 4.88 Å². The Morgan fingerprint density at radius 3 is 3.00 bits per heavy atom. The van der Waals surface area contributed by atoms with Crippen LogP contribution in [0.3, 0.4) is 0 Å². The molecule has 2 heterocycles. The molecule has 0 amide bonds. The third-order valence-electron chi connectivity index (χ3n) is 1.76. The zero-order valence-electron chi connectivity index (χ0n) is 7.89. The second-order valence-electron chi connectivity index (χ2n) is 2.70. The number of thiazole rings is 1. The van der Waals surface area contributed by atoms with E-state index in [-0.39, 0.29) is 5.82 Å². The molecule has 0 saturated carbocycles. The van der Waals surface area contributed by atoms with Gasteiger partial charge >= 0.3 is 5.97 Å². The van der Waals surface area contributed by atoms with Crippen LogP contribution in [0.25, 0.3) is 9.88 Å². The Morgan fingerprint density at radius 1 is 1.60 bits per heavy atom. The van der Waals surface area contributed by atoms with E-state index in [1.54, 1.807) is 11.3 Å². The Hall–Kier alpha value is -1.40. The molecule has 0 aliphatic heterocycles. The van der Waals surface area contributed by atoms with E-state index in [1.807, 2.05) is 17.5 Å². The number of nitrogens with two attached hydrogens (primary N) is 1. The van der Waals surface area contributed by atoms with Crippen molar-refractivity contribution in [2.75, 3.05) is 12.8 Å². The lowest BCUT2D eigenvalue weighted by molar-refractivity contribution is 0.0607. The van der Waals surface area contributed by atoms with E-state index >= 15 is 0 Å². The fourth-order valence-electron chi connectivity index (χ4n) is 1.08. The lowest BCUT2D eigenvalue weighted by Gasteiger charge is -1.92. The zero-order chi connectivity index (χ0) is 10.8. The summed E-state index contributed by atoms with van der Waals surface area (Å²) >= 11 is 2.81. The predicted molar refractivity (Wildman–Crippen MR) is 61.2 cm³/mol. The van der Waals surface area contributed by atoms with Gasteiger partial charge in [0.1, 0.15) is 10.8 Å². The number of carbonyl (C=O) groups is 1. The van der Waals surface area contributed by atoms with Crippen molar-refractivity contribution >= 4 is 34.5 Å². The number of hydrogen-bond acceptors (Lipinski definition) is 6. The maximum atomic E-state index is 11.3. The highest BCUT2D eigenvalue weighted by molar-refractivity contribution is 7.22. The summed E-state index contributed by atoms with van der Waals surface area (Å²) in [6.45, 7) is 0. The number of hydrogen-bond donors (Lipinski definition) is 1. The van der Waals surface area contributed by atoms with E-state index in [0.717, 1.165) is 9.88 Å². The van der Waals surface area contributed by atoms with Gasteiger partial charge in [-0.05, 0) is 11.4 Å². The van der Waals surface area contributed by atoms with Gasteiger partial charge in [0, 0.05) is 0 Å². The second kappa shape index (κ2) is 4.00. The van der Waals surface area contributed by atoms with Gasteiger partial charge in [-0.15, -0.1) is 22.7 Å². The van der Waals surface area contributed by atoms with E-state index in [9.17, 15) is 4.79 Å². The first-order valence-electron chi connectivity index (χ1n) is 4.11. The minimum atomic E-state index is -0.437. The van der Waals surface area contributed by atoms with Crippen LogP contribution < -0.4 is 5.73 Å². The minimum Gasteiger partial charge on any atom is -0.465 e. The number of carbonyl (C=O) groups excluding carboxylic acids is 1. The highest BCUT2D eigenvalue weighted by Crippen LogP contribution is 2.32. The van der Waals surface area contributed by atoms with Crippen LogP contribution in [0.2, 0.25) is 0 Å². The number of nitrogen functional groups attached to an aromatic ring is 1. The molecule has 4 nitrogen and oxygen atoms in total. The summed E-state index contributed by atoms with van der Waals surface area (Å²) < 4.78 is 4.60. The Balaban J connectivity index is 2.41. The van der Waals surface area contributed by atoms with Crippen LogP contribution in [0, 0.1) is 0 Å². The number of esters is 1. The van der Waals surface area contributed by atoms with Crippen molar-refractivity contribution in [1.29, 1.82) is 0 Å². The van der Waals surface area contributed by atoms with Gasteiger partial charge in [-0.1, -0.05) is 6.07 Å². The molecule has 2 rings (SSSR count). The van der Waals surface area contributed by atoms with Crippen molar-refractivity contribution in [2.24, 2.45) is 0 Å². The summed E-state index contributed by atoms with van der Waals surface area (Å²) in [7, 11) is 1.33. The molecule has 78 valence electrons. The quantitative estimate of drug-likeness (QED) is 0.817. The van der Waals surface area contributed by atoms with Gasteiger partial charge in [0.2, 0.25) is 0 Å². The van der Waals surface area contributed by atoms with E-state index in [1.165, 1.54) is 18.4 Å². The molecular formula is C9H8N2O2S2. The zero-order valence-corrected chi connectivity index (χ0v) is 9.52. The number of rotatable bonds is 2. The normalized spacial score (nSPS) is 10.2. The molecule has 0 saturated heterocycles. The first-order valence-corrected chi connectivity index (χ1v) is 5.80. The first-order chi connectivity index (χ1) is 7.22. The van der Waals surface area contributed by atoms with Gasteiger partial charge in [0.25, 0.3) is 0 Å². The SMILES string of the molecule is COC(=O)c1sc(-c2cccs2)nc1N. The second-order valence-corrected chi connectivity index (χ2v) is 4.65. The maximum Gasteiger partial charge on any atom is 0.351 e. The van der Waals surface area contributed by atoms with E-state index in [4.69, 9.17) is 5.73 Å². The number of thiophene rings is 1. The molecule has 6 heteroatoms. The fraction of sp³-hybridized carbons (Fsp3) is 0.111. The van der Waals surface area contributed by atoms with Gasteiger partial charge in [-0.3, -0.25) is 0 Å². The Kier molecular flexibility index (Phi) is 2.70. The molecule has 0 aliphatic carbocycles. The van der Waals surface area contributed by atoms with Gasteiger partial charge in [-0.2, -0.15) is 0 Å². The van der Waals surface area contributed by atoms with Crippen molar-refractivity contribution in [3.63, 3.8) is 0 Å². The number of methoxy groups -OCH3 is 1. The molecule has 0 radical (unpaired) electrons. The highest BCUT2D eigenvalue weighted by Gasteiger charge is 2.17. The predicted octanol–water partition coefficient (Wildman–Crippen LogP) is 2.24. The van der Waals surface area contributed by atoms with Gasteiger partial charge in [0.05, 0.1) is 12.0 Å². The maximum absolute atomic E-state index is 11.3. The molecule has 2 N–H and O–H groups in total. The monoisotopic (exact) mass is 240 g/mol. The Labute approximate surface area is 94.3 Å². The summed E-state index contributed by atoms with van der Waals surface area (Å²) in [5.74, 6) is -0.206. The molecule has 0 bridgehead atoms. The van der Waals surface area contributed by atoms with Gasteiger partial charge < -0.3 is 10.5 Å². The van der Waals surface area contributed by atoms with Crippen molar-refractivity contribution < 1.29 is 9.53 Å². The van der Waals surface area contributed by atoms with Crippen molar-refractivity contribution in [3.8, 4) is 9.88 Å². The molecule has 0 fully saturated rings. The molecule has 2 aromatic rings. The molecule has 0 aliphatic rings. The number of ether oxygens (including phenoxy) is 1. The van der Waals surface area contributed by atoms with Crippen LogP contribution in [-0.4, -0.2) is 18.1 Å². The fourth-order valence-corrected chi connectivity index (χ4v) is 2.78. The summed E-state index contributed by atoms with van der Waals surface area (Å²) in [5.41, 5.74) is 5.63. The van der Waals surface area contributed by atoms with E-state index in [2.05, 4.69) is 9.72 Å². The van der Waals surface area contributed by atoms with Crippen LogP contribution in [-0.2, 0) is 4.74 Å². The molecule has 0 atom stereocenters. The smallest absolute Gasteiger partial charge is 0.351 e. The Bertz CT molecular complexity index is 476. The largest absolute Gasteiger partial charge is 0.465 e. The van der Waals surface area contributed by atoms with Gasteiger partial charge in [-0.25, -0.2) is 9.78 Å². The van der Waals surface area contributed by atoms with Crippen molar-refractivity contribution in [3.05, 3.63) is 22.4 Å². The van der Waals surface area contributed by atoms with Crippen molar-refractivity contribution in [1.82, 2.24) is 4.98 Å². The van der Waals surface area contributed by atoms with Crippen LogP contribution in [0.5, 0.6) is 0 Å². The topological polar surface area (TPSA) is 65.2 Å². The van der Waals surface area contributed by atoms with E-state index in [0.29, 0.717) is 4.88 Å². The van der Waals surface area contributed by atoms with E-state index < -0.39 is 5.97 Å². The average molecular weight is 240 g/mol. The third-order valence-corrected chi connectivity index (χ3v) is 3.85. The van der Waals surface area contributed by atoms with Crippen LogP contribution in [0.4, 0.5) is 5.82 Å². The molecule has 0 aromatic carbocycles. The standard InChI is InChI=1S/C9H8N2O2S2/c1-13-9(12)6-7(10)11-8(15-6)5-3-2-4-14-5/h2-4H,10H2,1H3.